The molecule has 1 aromatic carbocycles. The van der Waals surface area contributed by atoms with Gasteiger partial charge in [0.15, 0.2) is 15.9 Å². The second-order valence-corrected chi connectivity index (χ2v) is 9.42. The van der Waals surface area contributed by atoms with Gasteiger partial charge in [0.1, 0.15) is 5.75 Å². The smallest absolute Gasteiger partial charge is 0.279 e. The van der Waals surface area contributed by atoms with Gasteiger partial charge in [-0.2, -0.15) is 0 Å². The first-order chi connectivity index (χ1) is 12.7. The number of carbonyl (C=O) groups excluding carboxylic acids is 2. The molecular formula is C19H28N2O5S. The first-order valence-electron chi connectivity index (χ1n) is 9.24. The van der Waals surface area contributed by atoms with Gasteiger partial charge in [-0.3, -0.25) is 20.4 Å². The SMILES string of the molecule is Cc1cccc(OC(C)C(=O)NNC(=O)CCS(=O)(=O)C2CCCC2)c1C. The molecule has 0 heterocycles. The predicted octanol–water partition coefficient (Wildman–Crippen LogP) is 1.97. The van der Waals surface area contributed by atoms with Crippen LogP contribution in [0.3, 0.4) is 0 Å². The van der Waals surface area contributed by atoms with Gasteiger partial charge in [-0.15, -0.1) is 0 Å². The quantitative estimate of drug-likeness (QED) is 0.686. The Bertz CT molecular complexity index is 785. The number of rotatable bonds is 7. The average Bonchev–Trinajstić information content (AvgIpc) is 3.17. The Morgan fingerprint density at radius 1 is 1.19 bits per heavy atom. The number of ether oxygens (including phenoxy) is 1. The van der Waals surface area contributed by atoms with E-state index in [9.17, 15) is 18.0 Å². The van der Waals surface area contributed by atoms with Gasteiger partial charge >= 0.3 is 0 Å². The number of hydrazine groups is 1. The molecule has 0 radical (unpaired) electrons. The van der Waals surface area contributed by atoms with Crippen LogP contribution in [0, 0.1) is 13.8 Å². The highest BCUT2D eigenvalue weighted by Crippen LogP contribution is 2.25. The van der Waals surface area contributed by atoms with Crippen molar-refractivity contribution in [3.8, 4) is 5.75 Å². The van der Waals surface area contributed by atoms with E-state index in [2.05, 4.69) is 10.9 Å². The number of benzene rings is 1. The number of amides is 2. The monoisotopic (exact) mass is 396 g/mol. The second-order valence-electron chi connectivity index (χ2n) is 7.02. The van der Waals surface area contributed by atoms with Gasteiger partial charge in [-0.05, 0) is 50.8 Å². The van der Waals surface area contributed by atoms with Gasteiger partial charge in [0.2, 0.25) is 5.91 Å². The lowest BCUT2D eigenvalue weighted by atomic mass is 10.1. The van der Waals surface area contributed by atoms with Crippen LogP contribution in [0.25, 0.3) is 0 Å². The molecular weight excluding hydrogens is 368 g/mol. The van der Waals surface area contributed by atoms with Gasteiger partial charge in [0.25, 0.3) is 5.91 Å². The summed E-state index contributed by atoms with van der Waals surface area (Å²) < 4.78 is 30.0. The van der Waals surface area contributed by atoms with Crippen LogP contribution in [-0.2, 0) is 19.4 Å². The lowest BCUT2D eigenvalue weighted by Crippen LogP contribution is -2.47. The van der Waals surface area contributed by atoms with Crippen molar-refractivity contribution in [2.45, 2.75) is 64.2 Å². The molecule has 0 saturated heterocycles. The molecule has 2 amide bonds. The summed E-state index contributed by atoms with van der Waals surface area (Å²) in [6.07, 6.45) is 2.20. The molecule has 0 aromatic heterocycles. The Labute approximate surface area is 160 Å². The van der Waals surface area contributed by atoms with Gasteiger partial charge in [-0.1, -0.05) is 25.0 Å². The number of sulfone groups is 1. The first kappa shape index (κ1) is 21.2. The third-order valence-electron chi connectivity index (χ3n) is 4.98. The van der Waals surface area contributed by atoms with E-state index >= 15 is 0 Å². The lowest BCUT2D eigenvalue weighted by Gasteiger charge is -2.17. The number of nitrogens with one attached hydrogen (secondary N) is 2. The Balaban J connectivity index is 1.77. The molecule has 1 aliphatic rings. The molecule has 1 unspecified atom stereocenters. The summed E-state index contributed by atoms with van der Waals surface area (Å²) in [4.78, 5) is 23.9. The minimum absolute atomic E-state index is 0.175. The Kier molecular flexibility index (Phi) is 7.24. The molecule has 1 aliphatic carbocycles. The van der Waals surface area contributed by atoms with Gasteiger partial charge < -0.3 is 4.74 Å². The number of aryl methyl sites for hydroxylation is 1. The second kappa shape index (κ2) is 9.21. The predicted molar refractivity (Wildman–Crippen MR) is 103 cm³/mol. The third-order valence-corrected chi connectivity index (χ3v) is 7.24. The van der Waals surface area contributed by atoms with Crippen molar-refractivity contribution in [2.75, 3.05) is 5.75 Å². The van der Waals surface area contributed by atoms with Crippen LogP contribution in [-0.4, -0.2) is 37.3 Å². The van der Waals surface area contributed by atoms with Crippen molar-refractivity contribution < 1.29 is 22.7 Å². The van der Waals surface area contributed by atoms with Crippen LogP contribution in [0.15, 0.2) is 18.2 Å². The number of hydrogen-bond acceptors (Lipinski definition) is 5. The zero-order chi connectivity index (χ0) is 20.0. The Morgan fingerprint density at radius 3 is 2.52 bits per heavy atom. The van der Waals surface area contributed by atoms with Gasteiger partial charge in [0, 0.05) is 6.42 Å². The van der Waals surface area contributed by atoms with Crippen molar-refractivity contribution in [2.24, 2.45) is 0 Å². The number of hydrogen-bond donors (Lipinski definition) is 2. The largest absolute Gasteiger partial charge is 0.481 e. The highest BCUT2D eigenvalue weighted by atomic mass is 32.2. The maximum atomic E-state index is 12.2. The molecule has 7 nitrogen and oxygen atoms in total. The summed E-state index contributed by atoms with van der Waals surface area (Å²) in [6, 6.07) is 5.57. The maximum Gasteiger partial charge on any atom is 0.279 e. The van der Waals surface area contributed by atoms with Crippen molar-refractivity contribution in [3.05, 3.63) is 29.3 Å². The Hall–Kier alpha value is -2.09. The van der Waals surface area contributed by atoms with Crippen LogP contribution in [0.4, 0.5) is 0 Å². The molecule has 1 fully saturated rings. The van der Waals surface area contributed by atoms with Crippen LogP contribution in [0.1, 0.15) is 50.2 Å². The summed E-state index contributed by atoms with van der Waals surface area (Å²) in [5.74, 6) is -0.646. The fraction of sp³-hybridized carbons (Fsp3) is 0.579. The molecule has 1 saturated carbocycles. The van der Waals surface area contributed by atoms with Gasteiger partial charge in [-0.25, -0.2) is 8.42 Å². The maximum absolute atomic E-state index is 12.2. The van der Waals surface area contributed by atoms with Crippen LogP contribution in [0.5, 0.6) is 5.75 Å². The van der Waals surface area contributed by atoms with E-state index in [1.165, 1.54) is 0 Å². The van der Waals surface area contributed by atoms with Crippen LogP contribution >= 0.6 is 0 Å². The van der Waals surface area contributed by atoms with E-state index in [1.54, 1.807) is 13.0 Å². The molecule has 2 rings (SSSR count). The highest BCUT2D eigenvalue weighted by molar-refractivity contribution is 7.92. The van der Waals surface area contributed by atoms with E-state index in [1.807, 2.05) is 26.0 Å². The molecule has 27 heavy (non-hydrogen) atoms. The number of carbonyl (C=O) groups is 2. The highest BCUT2D eigenvalue weighted by Gasteiger charge is 2.29. The molecule has 2 N–H and O–H groups in total. The average molecular weight is 397 g/mol. The fourth-order valence-corrected chi connectivity index (χ4v) is 4.90. The molecule has 150 valence electrons. The summed E-state index contributed by atoms with van der Waals surface area (Å²) in [6.45, 7) is 5.43. The van der Waals surface area contributed by atoms with Crippen molar-refractivity contribution in [1.29, 1.82) is 0 Å². The van der Waals surface area contributed by atoms with Crippen molar-refractivity contribution >= 4 is 21.7 Å². The summed E-state index contributed by atoms with van der Waals surface area (Å²) >= 11 is 0. The molecule has 1 atom stereocenters. The minimum atomic E-state index is -3.26. The van der Waals surface area contributed by atoms with E-state index < -0.39 is 27.8 Å². The zero-order valence-corrected chi connectivity index (χ0v) is 16.9. The third kappa shape index (κ3) is 5.95. The van der Waals surface area contributed by atoms with Crippen molar-refractivity contribution in [3.63, 3.8) is 0 Å². The zero-order valence-electron chi connectivity index (χ0n) is 16.1. The lowest BCUT2D eigenvalue weighted by molar-refractivity contribution is -0.132. The van der Waals surface area contributed by atoms with Crippen LogP contribution < -0.4 is 15.6 Å². The normalized spacial score (nSPS) is 16.0. The minimum Gasteiger partial charge on any atom is -0.481 e. The van der Waals surface area contributed by atoms with Crippen LogP contribution in [0.2, 0.25) is 0 Å². The van der Waals surface area contributed by atoms with E-state index in [0.717, 1.165) is 24.0 Å². The molecule has 0 aliphatic heterocycles. The summed E-state index contributed by atoms with van der Waals surface area (Å²) in [5, 5.41) is -0.328. The fourth-order valence-electron chi connectivity index (χ4n) is 3.04. The summed E-state index contributed by atoms with van der Waals surface area (Å²) in [5.41, 5.74) is 6.53. The van der Waals surface area contributed by atoms with Gasteiger partial charge in [0.05, 0.1) is 11.0 Å². The standard InChI is InChI=1S/C19H28N2O5S/c1-13-7-6-10-17(14(13)2)26-15(3)19(23)21-20-18(22)11-12-27(24,25)16-8-4-5-9-16/h6-7,10,15-16H,4-5,8-9,11-12H2,1-3H3,(H,20,22)(H,21,23). The van der Waals surface area contributed by atoms with E-state index in [-0.39, 0.29) is 17.4 Å². The van der Waals surface area contributed by atoms with Crippen molar-refractivity contribution in [1.82, 2.24) is 10.9 Å². The first-order valence-corrected chi connectivity index (χ1v) is 11.0. The topological polar surface area (TPSA) is 102 Å². The summed E-state index contributed by atoms with van der Waals surface area (Å²) in [7, 11) is -3.26. The molecule has 8 heteroatoms. The molecule has 1 aromatic rings. The van der Waals surface area contributed by atoms with E-state index in [4.69, 9.17) is 4.74 Å². The van der Waals surface area contributed by atoms with E-state index in [0.29, 0.717) is 18.6 Å². The molecule has 0 bridgehead atoms. The molecule has 0 spiro atoms. The Morgan fingerprint density at radius 2 is 1.85 bits per heavy atom.